The molecule has 1 aromatic rings. The van der Waals surface area contributed by atoms with Crippen molar-refractivity contribution in [2.24, 2.45) is 5.73 Å². The molecule has 0 radical (unpaired) electrons. The third-order valence-electron chi connectivity index (χ3n) is 4.27. The van der Waals surface area contributed by atoms with E-state index >= 15 is 0 Å². The molecule has 0 spiro atoms. The monoisotopic (exact) mass is 309 g/mol. The second kappa shape index (κ2) is 5.40. The van der Waals surface area contributed by atoms with Gasteiger partial charge in [-0.2, -0.15) is 4.31 Å². The van der Waals surface area contributed by atoms with Crippen LogP contribution in [0, 0.1) is 0 Å². The summed E-state index contributed by atoms with van der Waals surface area (Å²) in [6, 6.07) is 6.85. The van der Waals surface area contributed by atoms with Crippen LogP contribution >= 0.6 is 0 Å². The first-order valence-electron chi connectivity index (χ1n) is 7.11. The summed E-state index contributed by atoms with van der Waals surface area (Å²) in [5, 5.41) is 0. The van der Waals surface area contributed by atoms with Gasteiger partial charge in [0.2, 0.25) is 15.9 Å². The van der Waals surface area contributed by atoms with Crippen LogP contribution in [0.3, 0.4) is 0 Å². The lowest BCUT2D eigenvalue weighted by Gasteiger charge is -2.36. The van der Waals surface area contributed by atoms with Crippen molar-refractivity contribution in [2.45, 2.75) is 30.3 Å². The van der Waals surface area contributed by atoms with Crippen molar-refractivity contribution < 1.29 is 13.2 Å². The fourth-order valence-electron chi connectivity index (χ4n) is 3.12. The summed E-state index contributed by atoms with van der Waals surface area (Å²) in [4.78, 5) is 13.8. The van der Waals surface area contributed by atoms with Crippen LogP contribution in [0.15, 0.2) is 29.2 Å². The van der Waals surface area contributed by atoms with Crippen molar-refractivity contribution in [1.82, 2.24) is 9.21 Å². The van der Waals surface area contributed by atoms with Crippen molar-refractivity contribution in [1.29, 1.82) is 0 Å². The van der Waals surface area contributed by atoms with Crippen LogP contribution in [-0.4, -0.2) is 49.2 Å². The Labute approximate surface area is 124 Å². The molecule has 0 saturated carbocycles. The number of hydrogen-bond donors (Lipinski definition) is 1. The number of benzene rings is 1. The Hall–Kier alpha value is -1.44. The van der Waals surface area contributed by atoms with Gasteiger partial charge in [0.05, 0.1) is 4.90 Å². The van der Waals surface area contributed by atoms with E-state index in [1.807, 2.05) is 0 Å². The normalized spacial score (nSPS) is 23.4. The zero-order valence-corrected chi connectivity index (χ0v) is 12.6. The SMILES string of the molecule is NCc1ccccc1S(=O)(=O)N1CCN2C(=O)CCC2C1. The number of nitrogens with zero attached hydrogens (tertiary/aromatic N) is 2. The molecule has 2 N–H and O–H groups in total. The topological polar surface area (TPSA) is 83.7 Å². The molecule has 2 saturated heterocycles. The number of carbonyl (C=O) groups excluding carboxylic acids is 1. The lowest BCUT2D eigenvalue weighted by Crippen LogP contribution is -2.53. The molecule has 3 rings (SSSR count). The van der Waals surface area contributed by atoms with E-state index in [-0.39, 0.29) is 23.4 Å². The first-order chi connectivity index (χ1) is 10.0. The summed E-state index contributed by atoms with van der Waals surface area (Å²) in [5.74, 6) is 0.138. The molecular formula is C14H19N3O3S. The fraction of sp³-hybridized carbons (Fsp3) is 0.500. The van der Waals surface area contributed by atoms with Crippen LogP contribution in [0.1, 0.15) is 18.4 Å². The van der Waals surface area contributed by atoms with Gasteiger partial charge in [-0.25, -0.2) is 8.42 Å². The minimum atomic E-state index is -3.55. The molecular weight excluding hydrogens is 290 g/mol. The van der Waals surface area contributed by atoms with Crippen molar-refractivity contribution >= 4 is 15.9 Å². The molecule has 0 bridgehead atoms. The Kier molecular flexibility index (Phi) is 3.73. The summed E-state index contributed by atoms with van der Waals surface area (Å²) in [6.07, 6.45) is 1.27. The summed E-state index contributed by atoms with van der Waals surface area (Å²) < 4.78 is 27.1. The number of fused-ring (bicyclic) bond motifs is 1. The maximum absolute atomic E-state index is 12.8. The van der Waals surface area contributed by atoms with E-state index in [1.165, 1.54) is 4.31 Å². The van der Waals surface area contributed by atoms with Crippen molar-refractivity contribution in [2.75, 3.05) is 19.6 Å². The van der Waals surface area contributed by atoms with Gasteiger partial charge in [-0.3, -0.25) is 4.79 Å². The molecule has 1 aromatic carbocycles. The average molecular weight is 309 g/mol. The lowest BCUT2D eigenvalue weighted by atomic mass is 10.2. The van der Waals surface area contributed by atoms with Gasteiger partial charge in [-0.15, -0.1) is 0 Å². The molecule has 7 heteroatoms. The summed E-state index contributed by atoms with van der Waals surface area (Å²) in [6.45, 7) is 1.40. The zero-order chi connectivity index (χ0) is 15.0. The third-order valence-corrected chi connectivity index (χ3v) is 6.23. The standard InChI is InChI=1S/C14H19N3O3S/c15-9-11-3-1-2-4-13(11)21(19,20)16-7-8-17-12(10-16)5-6-14(17)18/h1-4,12H,5-10,15H2. The molecule has 1 unspecified atom stereocenters. The van der Waals surface area contributed by atoms with Gasteiger partial charge in [-0.1, -0.05) is 18.2 Å². The number of carbonyl (C=O) groups is 1. The number of hydrogen-bond acceptors (Lipinski definition) is 4. The van der Waals surface area contributed by atoms with E-state index < -0.39 is 10.0 Å². The molecule has 0 aliphatic carbocycles. The predicted octanol–water partition coefficient (Wildman–Crippen LogP) is 0.141. The Morgan fingerprint density at radius 1 is 1.24 bits per heavy atom. The van der Waals surface area contributed by atoms with Crippen LogP contribution in [0.4, 0.5) is 0 Å². The van der Waals surface area contributed by atoms with E-state index in [0.29, 0.717) is 31.6 Å². The molecule has 1 amide bonds. The first-order valence-corrected chi connectivity index (χ1v) is 8.55. The van der Waals surface area contributed by atoms with E-state index in [0.717, 1.165) is 6.42 Å². The molecule has 1 atom stereocenters. The smallest absolute Gasteiger partial charge is 0.243 e. The van der Waals surface area contributed by atoms with Crippen LogP contribution in [0.5, 0.6) is 0 Å². The van der Waals surface area contributed by atoms with Gasteiger partial charge < -0.3 is 10.6 Å². The second-order valence-electron chi connectivity index (χ2n) is 5.45. The van der Waals surface area contributed by atoms with Gasteiger partial charge in [0, 0.05) is 38.6 Å². The predicted molar refractivity (Wildman–Crippen MR) is 77.8 cm³/mol. The van der Waals surface area contributed by atoms with Crippen LogP contribution in [0.25, 0.3) is 0 Å². The van der Waals surface area contributed by atoms with Crippen molar-refractivity contribution in [3.63, 3.8) is 0 Å². The van der Waals surface area contributed by atoms with E-state index in [9.17, 15) is 13.2 Å². The van der Waals surface area contributed by atoms with Gasteiger partial charge >= 0.3 is 0 Å². The van der Waals surface area contributed by atoms with E-state index in [4.69, 9.17) is 5.73 Å². The molecule has 2 aliphatic rings. The highest BCUT2D eigenvalue weighted by molar-refractivity contribution is 7.89. The summed E-state index contributed by atoms with van der Waals surface area (Å²) in [5.41, 5.74) is 6.27. The average Bonchev–Trinajstić information content (AvgIpc) is 2.88. The Balaban J connectivity index is 1.88. The highest BCUT2D eigenvalue weighted by atomic mass is 32.2. The highest BCUT2D eigenvalue weighted by Crippen LogP contribution is 2.27. The molecule has 6 nitrogen and oxygen atoms in total. The minimum Gasteiger partial charge on any atom is -0.337 e. The zero-order valence-electron chi connectivity index (χ0n) is 11.7. The third kappa shape index (κ3) is 2.45. The number of amides is 1. The van der Waals surface area contributed by atoms with Crippen LogP contribution in [0.2, 0.25) is 0 Å². The maximum atomic E-state index is 12.8. The Morgan fingerprint density at radius 2 is 2.00 bits per heavy atom. The fourth-order valence-corrected chi connectivity index (χ4v) is 4.82. The Bertz CT molecular complexity index is 659. The number of nitrogens with two attached hydrogens (primary N) is 1. The van der Waals surface area contributed by atoms with E-state index in [1.54, 1.807) is 29.2 Å². The largest absolute Gasteiger partial charge is 0.337 e. The van der Waals surface area contributed by atoms with Crippen LogP contribution in [-0.2, 0) is 21.4 Å². The summed E-state index contributed by atoms with van der Waals surface area (Å²) in [7, 11) is -3.55. The lowest BCUT2D eigenvalue weighted by molar-refractivity contribution is -0.130. The van der Waals surface area contributed by atoms with Gasteiger partial charge in [-0.05, 0) is 18.1 Å². The second-order valence-corrected chi connectivity index (χ2v) is 7.36. The molecule has 2 heterocycles. The van der Waals surface area contributed by atoms with E-state index in [2.05, 4.69) is 0 Å². The highest BCUT2D eigenvalue weighted by Gasteiger charge is 2.39. The van der Waals surface area contributed by atoms with Gasteiger partial charge in [0.15, 0.2) is 0 Å². The first kappa shape index (κ1) is 14.5. The molecule has 114 valence electrons. The number of sulfonamides is 1. The minimum absolute atomic E-state index is 0.0195. The van der Waals surface area contributed by atoms with Crippen molar-refractivity contribution in [3.05, 3.63) is 29.8 Å². The van der Waals surface area contributed by atoms with Crippen LogP contribution < -0.4 is 5.73 Å². The number of piperazine rings is 1. The molecule has 0 aromatic heterocycles. The molecule has 21 heavy (non-hydrogen) atoms. The Morgan fingerprint density at radius 3 is 2.76 bits per heavy atom. The van der Waals surface area contributed by atoms with Gasteiger partial charge in [0.25, 0.3) is 0 Å². The molecule has 2 aliphatic heterocycles. The number of rotatable bonds is 3. The molecule has 2 fully saturated rings. The quantitative estimate of drug-likeness (QED) is 0.861. The summed E-state index contributed by atoms with van der Waals surface area (Å²) >= 11 is 0. The van der Waals surface area contributed by atoms with Crippen molar-refractivity contribution in [3.8, 4) is 0 Å². The maximum Gasteiger partial charge on any atom is 0.243 e. The van der Waals surface area contributed by atoms with Gasteiger partial charge in [0.1, 0.15) is 0 Å².